The molecule has 188 valence electrons. The van der Waals surface area contributed by atoms with Crippen LogP contribution in [0.15, 0.2) is 84.2 Å². The number of fused-ring (bicyclic) bond motifs is 1. The van der Waals surface area contributed by atoms with Gasteiger partial charge in [-0.2, -0.15) is 0 Å². The Morgan fingerprint density at radius 2 is 1.81 bits per heavy atom. The summed E-state index contributed by atoms with van der Waals surface area (Å²) < 4.78 is 33.7. The number of ether oxygens (including phenoxy) is 1. The molecule has 37 heavy (non-hydrogen) atoms. The number of pyridine rings is 1. The molecule has 0 bridgehead atoms. The van der Waals surface area contributed by atoms with Crippen LogP contribution in [-0.2, 0) is 14.8 Å². The van der Waals surface area contributed by atoms with Crippen LogP contribution in [0.1, 0.15) is 15.9 Å². The summed E-state index contributed by atoms with van der Waals surface area (Å²) in [7, 11) is -4.18. The number of nitrogens with zero attached hydrogens (tertiary/aromatic N) is 4. The van der Waals surface area contributed by atoms with Gasteiger partial charge in [-0.05, 0) is 48.6 Å². The molecule has 1 saturated heterocycles. The summed E-state index contributed by atoms with van der Waals surface area (Å²) in [5.41, 5.74) is 1.93. The van der Waals surface area contributed by atoms with Crippen LogP contribution >= 0.6 is 0 Å². The van der Waals surface area contributed by atoms with E-state index < -0.39 is 14.9 Å². The summed E-state index contributed by atoms with van der Waals surface area (Å²) in [6.45, 7) is 2.58. The largest absolute Gasteiger partial charge is 0.378 e. The van der Waals surface area contributed by atoms with Gasteiger partial charge in [0.1, 0.15) is 0 Å². The number of benzene rings is 2. The molecular formula is C26H22N4O6S. The second-order valence-electron chi connectivity index (χ2n) is 8.37. The van der Waals surface area contributed by atoms with Crippen molar-refractivity contribution in [2.75, 3.05) is 31.2 Å². The minimum Gasteiger partial charge on any atom is -0.378 e. The maximum absolute atomic E-state index is 13.6. The van der Waals surface area contributed by atoms with Gasteiger partial charge in [0.2, 0.25) is 0 Å². The predicted octanol–water partition coefficient (Wildman–Crippen LogP) is 3.91. The third-order valence-corrected chi connectivity index (χ3v) is 7.80. The van der Waals surface area contributed by atoms with E-state index in [2.05, 4.69) is 9.88 Å². The molecule has 0 aliphatic carbocycles. The third kappa shape index (κ3) is 4.86. The predicted molar refractivity (Wildman–Crippen MR) is 138 cm³/mol. The fourth-order valence-electron chi connectivity index (χ4n) is 4.21. The Bertz CT molecular complexity index is 1620. The SMILES string of the molecule is O=C(/C=C/c1cn(S(=O)(=O)c2cccc([N+](=O)[O-])c2)c2ccc(N3CCOCC3)cc12)c1ccncc1. The Morgan fingerprint density at radius 3 is 2.54 bits per heavy atom. The number of morpholine rings is 1. The van der Waals surface area contributed by atoms with Crippen molar-refractivity contribution >= 4 is 44.2 Å². The molecule has 0 N–H and O–H groups in total. The molecule has 3 heterocycles. The molecule has 1 aliphatic heterocycles. The van der Waals surface area contributed by atoms with Gasteiger partial charge in [0.25, 0.3) is 15.7 Å². The first kappa shape index (κ1) is 24.3. The van der Waals surface area contributed by atoms with Gasteiger partial charge in [0.05, 0.1) is 28.5 Å². The van der Waals surface area contributed by atoms with E-state index in [4.69, 9.17) is 4.74 Å². The molecule has 2 aromatic heterocycles. The van der Waals surface area contributed by atoms with Crippen LogP contribution in [0.3, 0.4) is 0 Å². The molecule has 5 rings (SSSR count). The van der Waals surface area contributed by atoms with E-state index >= 15 is 0 Å². The summed E-state index contributed by atoms with van der Waals surface area (Å²) in [6, 6.07) is 13.5. The number of carbonyl (C=O) groups excluding carboxylic acids is 1. The van der Waals surface area contributed by atoms with Crippen LogP contribution in [0, 0.1) is 10.1 Å². The molecule has 1 fully saturated rings. The van der Waals surface area contributed by atoms with Gasteiger partial charge < -0.3 is 9.64 Å². The third-order valence-electron chi connectivity index (χ3n) is 6.13. The Hall–Kier alpha value is -4.35. The monoisotopic (exact) mass is 518 g/mol. The quantitative estimate of drug-likeness (QED) is 0.156. The maximum Gasteiger partial charge on any atom is 0.270 e. The minimum atomic E-state index is -4.18. The first-order valence-corrected chi connectivity index (χ1v) is 12.9. The topological polar surface area (TPSA) is 125 Å². The lowest BCUT2D eigenvalue weighted by Crippen LogP contribution is -2.36. The van der Waals surface area contributed by atoms with Crippen molar-refractivity contribution < 1.29 is 22.9 Å². The minimum absolute atomic E-state index is 0.209. The van der Waals surface area contributed by atoms with Crippen molar-refractivity contribution in [1.82, 2.24) is 8.96 Å². The first-order chi connectivity index (χ1) is 17.8. The Balaban J connectivity index is 1.63. The summed E-state index contributed by atoms with van der Waals surface area (Å²) >= 11 is 0. The molecule has 10 nitrogen and oxygen atoms in total. The summed E-state index contributed by atoms with van der Waals surface area (Å²) in [5.74, 6) is -0.255. The molecule has 0 radical (unpaired) electrons. The first-order valence-electron chi connectivity index (χ1n) is 11.4. The second-order valence-corrected chi connectivity index (χ2v) is 10.2. The van der Waals surface area contributed by atoms with E-state index in [1.54, 1.807) is 24.3 Å². The Morgan fingerprint density at radius 1 is 1.05 bits per heavy atom. The van der Waals surface area contributed by atoms with Gasteiger partial charge in [-0.1, -0.05) is 6.07 Å². The molecule has 0 amide bonds. The number of hydrogen-bond donors (Lipinski definition) is 0. The summed E-state index contributed by atoms with van der Waals surface area (Å²) in [6.07, 6.45) is 7.43. The van der Waals surface area contributed by atoms with Crippen molar-refractivity contribution in [2.24, 2.45) is 0 Å². The zero-order valence-corrected chi connectivity index (χ0v) is 20.4. The Kier molecular flexibility index (Phi) is 6.55. The normalized spacial score (nSPS) is 14.3. The van der Waals surface area contributed by atoms with Gasteiger partial charge in [0, 0.05) is 66.0 Å². The van der Waals surface area contributed by atoms with E-state index in [0.717, 1.165) is 15.7 Å². The summed E-state index contributed by atoms with van der Waals surface area (Å²) in [5, 5.41) is 11.9. The van der Waals surface area contributed by atoms with E-state index in [-0.39, 0.29) is 16.4 Å². The van der Waals surface area contributed by atoms with Crippen LogP contribution < -0.4 is 4.90 Å². The number of nitro groups is 1. The molecule has 0 unspecified atom stereocenters. The number of aromatic nitrogens is 2. The van der Waals surface area contributed by atoms with Crippen LogP contribution in [0.25, 0.3) is 17.0 Å². The van der Waals surface area contributed by atoms with E-state index in [0.29, 0.717) is 48.3 Å². The number of hydrogen-bond acceptors (Lipinski definition) is 8. The van der Waals surface area contributed by atoms with Crippen molar-refractivity contribution in [3.63, 3.8) is 0 Å². The fraction of sp³-hybridized carbons (Fsp3) is 0.154. The highest BCUT2D eigenvalue weighted by atomic mass is 32.2. The number of anilines is 1. The number of allylic oxidation sites excluding steroid dienone is 1. The lowest BCUT2D eigenvalue weighted by atomic mass is 10.1. The lowest BCUT2D eigenvalue weighted by molar-refractivity contribution is -0.385. The average Bonchev–Trinajstić information content (AvgIpc) is 3.31. The molecule has 4 aromatic rings. The average molecular weight is 519 g/mol. The zero-order valence-electron chi connectivity index (χ0n) is 19.6. The highest BCUT2D eigenvalue weighted by Crippen LogP contribution is 2.31. The number of non-ortho nitro benzene ring substituents is 1. The van der Waals surface area contributed by atoms with E-state index in [1.165, 1.54) is 42.9 Å². The molecular weight excluding hydrogens is 496 g/mol. The van der Waals surface area contributed by atoms with Crippen LogP contribution in [-0.4, -0.2) is 54.4 Å². The highest BCUT2D eigenvalue weighted by Gasteiger charge is 2.24. The van der Waals surface area contributed by atoms with Crippen molar-refractivity contribution in [3.8, 4) is 0 Å². The molecule has 11 heteroatoms. The summed E-state index contributed by atoms with van der Waals surface area (Å²) in [4.78, 5) is 29.1. The van der Waals surface area contributed by atoms with Crippen LogP contribution in [0.5, 0.6) is 0 Å². The fourth-order valence-corrected chi connectivity index (χ4v) is 5.63. The number of rotatable bonds is 7. The zero-order chi connectivity index (χ0) is 26.0. The molecule has 0 spiro atoms. The lowest BCUT2D eigenvalue weighted by Gasteiger charge is -2.29. The van der Waals surface area contributed by atoms with E-state index in [9.17, 15) is 23.3 Å². The van der Waals surface area contributed by atoms with Crippen molar-refractivity contribution in [2.45, 2.75) is 4.90 Å². The van der Waals surface area contributed by atoms with E-state index in [1.807, 2.05) is 12.1 Å². The van der Waals surface area contributed by atoms with Gasteiger partial charge in [-0.25, -0.2) is 12.4 Å². The molecule has 0 saturated carbocycles. The molecule has 0 atom stereocenters. The van der Waals surface area contributed by atoms with Gasteiger partial charge >= 0.3 is 0 Å². The number of ketones is 1. The smallest absolute Gasteiger partial charge is 0.270 e. The van der Waals surface area contributed by atoms with Crippen LogP contribution in [0.4, 0.5) is 11.4 Å². The van der Waals surface area contributed by atoms with Gasteiger partial charge in [-0.15, -0.1) is 0 Å². The van der Waals surface area contributed by atoms with Crippen molar-refractivity contribution in [1.29, 1.82) is 0 Å². The van der Waals surface area contributed by atoms with Gasteiger partial charge in [0.15, 0.2) is 5.78 Å². The number of nitro benzene ring substituents is 1. The van der Waals surface area contributed by atoms with Crippen molar-refractivity contribution in [3.05, 3.63) is 101 Å². The molecule has 1 aliphatic rings. The van der Waals surface area contributed by atoms with Gasteiger partial charge in [-0.3, -0.25) is 19.9 Å². The highest BCUT2D eigenvalue weighted by molar-refractivity contribution is 7.90. The number of carbonyl (C=O) groups is 1. The Labute approximate surface area is 212 Å². The molecule has 2 aromatic carbocycles. The maximum atomic E-state index is 13.6. The second kappa shape index (κ2) is 9.96. The van der Waals surface area contributed by atoms with Crippen LogP contribution in [0.2, 0.25) is 0 Å². The standard InChI is InChI=1S/C26H22N4O6S/c31-26(19-8-10-27-11-9-19)7-4-20-18-29(37(34,35)23-3-1-2-22(16-23)30(32)33)25-6-5-21(17-24(20)25)28-12-14-36-15-13-28/h1-11,16-18H,12-15H2/b7-4+.